The summed E-state index contributed by atoms with van der Waals surface area (Å²) < 4.78 is 0. The van der Waals surface area contributed by atoms with E-state index in [0.717, 1.165) is 12.4 Å². The van der Waals surface area contributed by atoms with E-state index in [4.69, 9.17) is 5.73 Å². The van der Waals surface area contributed by atoms with Gasteiger partial charge < -0.3 is 10.6 Å². The van der Waals surface area contributed by atoms with Crippen molar-refractivity contribution in [2.75, 3.05) is 19.6 Å². The van der Waals surface area contributed by atoms with Crippen molar-refractivity contribution in [2.24, 2.45) is 22.6 Å². The Kier molecular flexibility index (Phi) is 4.58. The average molecular weight is 211 g/mol. The Morgan fingerprint density at radius 2 is 2.07 bits per heavy atom. The van der Waals surface area contributed by atoms with Crippen molar-refractivity contribution in [1.29, 1.82) is 0 Å². The minimum atomic E-state index is 0.382. The summed E-state index contributed by atoms with van der Waals surface area (Å²) in [6.07, 6.45) is 1.27. The first-order valence-corrected chi connectivity index (χ1v) is 6.04. The predicted molar refractivity (Wildman–Crippen MR) is 66.1 cm³/mol. The molecule has 0 aromatic rings. The third-order valence-corrected chi connectivity index (χ3v) is 3.17. The maximum atomic E-state index is 5.83. The molecule has 1 atom stereocenters. The van der Waals surface area contributed by atoms with Gasteiger partial charge >= 0.3 is 0 Å². The minimum Gasteiger partial charge on any atom is -0.387 e. The Bertz CT molecular complexity index is 221. The molecule has 0 aromatic heterocycles. The first kappa shape index (κ1) is 12.5. The number of hydrogen-bond acceptors (Lipinski definition) is 2. The Morgan fingerprint density at radius 3 is 2.53 bits per heavy atom. The average Bonchev–Trinajstić information content (AvgIpc) is 2.62. The second-order valence-corrected chi connectivity index (χ2v) is 5.16. The second kappa shape index (κ2) is 5.50. The maximum Gasteiger partial charge on any atom is 0.0962 e. The van der Waals surface area contributed by atoms with Crippen molar-refractivity contribution in [3.05, 3.63) is 0 Å². The van der Waals surface area contributed by atoms with Gasteiger partial charge in [-0.25, -0.2) is 0 Å². The van der Waals surface area contributed by atoms with E-state index in [1.807, 2.05) is 0 Å². The zero-order chi connectivity index (χ0) is 11.4. The summed E-state index contributed by atoms with van der Waals surface area (Å²) in [7, 11) is 0. The lowest BCUT2D eigenvalue weighted by Crippen LogP contribution is -2.28. The number of amidine groups is 1. The highest BCUT2D eigenvalue weighted by Crippen LogP contribution is 2.18. The number of likely N-dealkylation sites (tertiary alicyclic amines) is 1. The molecule has 1 unspecified atom stereocenters. The van der Waals surface area contributed by atoms with E-state index < -0.39 is 0 Å². The van der Waals surface area contributed by atoms with Crippen LogP contribution in [-0.4, -0.2) is 36.4 Å². The van der Waals surface area contributed by atoms with Crippen molar-refractivity contribution < 1.29 is 0 Å². The third kappa shape index (κ3) is 3.82. The number of nitrogens with zero attached hydrogens (tertiary/aromatic N) is 2. The fourth-order valence-electron chi connectivity index (χ4n) is 1.90. The van der Waals surface area contributed by atoms with Crippen LogP contribution in [0, 0.1) is 11.8 Å². The molecule has 0 bridgehead atoms. The Morgan fingerprint density at radius 1 is 1.40 bits per heavy atom. The topological polar surface area (TPSA) is 41.6 Å². The molecule has 2 N–H and O–H groups in total. The van der Waals surface area contributed by atoms with E-state index in [-0.39, 0.29) is 0 Å². The molecule has 0 aromatic carbocycles. The summed E-state index contributed by atoms with van der Waals surface area (Å²) in [5, 5.41) is 0. The molecular weight excluding hydrogens is 186 g/mol. The summed E-state index contributed by atoms with van der Waals surface area (Å²) in [5.41, 5.74) is 5.83. The van der Waals surface area contributed by atoms with Crippen molar-refractivity contribution in [2.45, 2.75) is 40.2 Å². The largest absolute Gasteiger partial charge is 0.387 e. The molecule has 15 heavy (non-hydrogen) atoms. The molecule has 3 nitrogen and oxygen atoms in total. The molecule has 1 heterocycles. The molecule has 1 saturated heterocycles. The fourth-order valence-corrected chi connectivity index (χ4v) is 1.90. The van der Waals surface area contributed by atoms with Gasteiger partial charge in [-0.1, -0.05) is 13.8 Å². The van der Waals surface area contributed by atoms with Crippen LogP contribution >= 0.6 is 0 Å². The zero-order valence-electron chi connectivity index (χ0n) is 10.5. The van der Waals surface area contributed by atoms with Gasteiger partial charge in [-0.3, -0.25) is 4.99 Å². The molecule has 0 spiro atoms. The number of aliphatic imine (C=N–C) groups is 1. The monoisotopic (exact) mass is 211 g/mol. The molecule has 0 amide bonds. The van der Waals surface area contributed by atoms with Gasteiger partial charge in [0.25, 0.3) is 0 Å². The summed E-state index contributed by atoms with van der Waals surface area (Å²) in [4.78, 5) is 6.99. The van der Waals surface area contributed by atoms with E-state index in [2.05, 4.69) is 37.6 Å². The smallest absolute Gasteiger partial charge is 0.0962 e. The summed E-state index contributed by atoms with van der Waals surface area (Å²) >= 11 is 0. The van der Waals surface area contributed by atoms with E-state index in [1.165, 1.54) is 19.5 Å². The number of nitrogens with two attached hydrogens (primary N) is 1. The molecule has 3 heteroatoms. The predicted octanol–water partition coefficient (Wildman–Crippen LogP) is 1.73. The van der Waals surface area contributed by atoms with Gasteiger partial charge in [0.1, 0.15) is 0 Å². The quantitative estimate of drug-likeness (QED) is 0.568. The highest BCUT2D eigenvalue weighted by Gasteiger charge is 2.23. The lowest BCUT2D eigenvalue weighted by atomic mass is 10.1. The van der Waals surface area contributed by atoms with Crippen LogP contribution in [0.15, 0.2) is 4.99 Å². The fraction of sp³-hybridized carbons (Fsp3) is 0.917. The molecule has 0 saturated carbocycles. The Hall–Kier alpha value is -0.570. The maximum absolute atomic E-state index is 5.83. The highest BCUT2D eigenvalue weighted by atomic mass is 15.2. The van der Waals surface area contributed by atoms with Crippen LogP contribution in [0.3, 0.4) is 0 Å². The van der Waals surface area contributed by atoms with E-state index in [0.29, 0.717) is 17.9 Å². The van der Waals surface area contributed by atoms with Crippen molar-refractivity contribution >= 4 is 5.84 Å². The van der Waals surface area contributed by atoms with Gasteiger partial charge in [-0.2, -0.15) is 0 Å². The zero-order valence-corrected chi connectivity index (χ0v) is 10.5. The van der Waals surface area contributed by atoms with Crippen molar-refractivity contribution in [3.63, 3.8) is 0 Å². The van der Waals surface area contributed by atoms with Gasteiger partial charge in [0.2, 0.25) is 0 Å². The van der Waals surface area contributed by atoms with Crippen LogP contribution in [-0.2, 0) is 0 Å². The first-order valence-electron chi connectivity index (χ1n) is 6.04. The summed E-state index contributed by atoms with van der Waals surface area (Å²) in [6.45, 7) is 12.0. The van der Waals surface area contributed by atoms with Crippen LogP contribution in [0.25, 0.3) is 0 Å². The first-order chi connectivity index (χ1) is 7.00. The van der Waals surface area contributed by atoms with E-state index >= 15 is 0 Å². The van der Waals surface area contributed by atoms with Crippen LogP contribution < -0.4 is 5.73 Å². The van der Waals surface area contributed by atoms with Crippen LogP contribution in [0.5, 0.6) is 0 Å². The lowest BCUT2D eigenvalue weighted by molar-refractivity contribution is 0.266. The SMILES string of the molecule is CC(C)C(N)=NCC1CCN(C(C)C)C1. The third-order valence-electron chi connectivity index (χ3n) is 3.17. The van der Waals surface area contributed by atoms with Gasteiger partial charge in [0.15, 0.2) is 0 Å². The minimum absolute atomic E-state index is 0.382. The number of rotatable bonds is 4. The highest BCUT2D eigenvalue weighted by molar-refractivity contribution is 5.82. The molecule has 1 rings (SSSR count). The van der Waals surface area contributed by atoms with Crippen LogP contribution in [0.4, 0.5) is 0 Å². The summed E-state index contributed by atoms with van der Waals surface area (Å²) in [5.74, 6) is 1.90. The van der Waals surface area contributed by atoms with Crippen molar-refractivity contribution in [1.82, 2.24) is 4.90 Å². The molecular formula is C12H25N3. The van der Waals surface area contributed by atoms with Crippen LogP contribution in [0.1, 0.15) is 34.1 Å². The van der Waals surface area contributed by atoms with Gasteiger partial charge in [-0.05, 0) is 32.7 Å². The Balaban J connectivity index is 2.33. The van der Waals surface area contributed by atoms with Crippen molar-refractivity contribution in [3.8, 4) is 0 Å². The van der Waals surface area contributed by atoms with Gasteiger partial charge in [-0.15, -0.1) is 0 Å². The number of hydrogen-bond donors (Lipinski definition) is 1. The van der Waals surface area contributed by atoms with E-state index in [9.17, 15) is 0 Å². The molecule has 1 aliphatic heterocycles. The molecule has 1 aliphatic rings. The normalized spacial score (nSPS) is 24.4. The van der Waals surface area contributed by atoms with Gasteiger partial charge in [0, 0.05) is 25.0 Å². The molecule has 0 aliphatic carbocycles. The molecule has 0 radical (unpaired) electrons. The van der Waals surface area contributed by atoms with Gasteiger partial charge in [0.05, 0.1) is 5.84 Å². The van der Waals surface area contributed by atoms with E-state index in [1.54, 1.807) is 0 Å². The molecule has 1 fully saturated rings. The molecule has 88 valence electrons. The lowest BCUT2D eigenvalue weighted by Gasteiger charge is -2.19. The Labute approximate surface area is 93.7 Å². The summed E-state index contributed by atoms with van der Waals surface area (Å²) in [6, 6.07) is 0.668. The second-order valence-electron chi connectivity index (χ2n) is 5.16. The van der Waals surface area contributed by atoms with Crippen LogP contribution in [0.2, 0.25) is 0 Å². The standard InChI is InChI=1S/C12H25N3/c1-9(2)12(13)14-7-11-5-6-15(8-11)10(3)4/h9-11H,5-8H2,1-4H3,(H2,13,14).